The highest BCUT2D eigenvalue weighted by atomic mass is 32.1. The Hall–Kier alpha value is -2.59. The summed E-state index contributed by atoms with van der Waals surface area (Å²) in [5.41, 5.74) is 1.00. The number of hydrogen-bond acceptors (Lipinski definition) is 6. The molecule has 29 heavy (non-hydrogen) atoms. The summed E-state index contributed by atoms with van der Waals surface area (Å²) in [5, 5.41) is 10.2. The summed E-state index contributed by atoms with van der Waals surface area (Å²) in [6.07, 6.45) is 0. The molecule has 1 rings (SSSR count). The van der Waals surface area contributed by atoms with E-state index in [1.54, 1.807) is 24.3 Å². The molecule has 1 aromatic carbocycles. The Labute approximate surface area is 176 Å². The molecule has 0 saturated heterocycles. The molecule has 0 fully saturated rings. The predicted molar refractivity (Wildman–Crippen MR) is 115 cm³/mol. The van der Waals surface area contributed by atoms with Crippen LogP contribution in [-0.4, -0.2) is 73.6 Å². The Morgan fingerprint density at radius 1 is 0.862 bits per heavy atom. The summed E-state index contributed by atoms with van der Waals surface area (Å²) < 4.78 is 0. The number of carbonyl (C=O) groups is 4. The van der Waals surface area contributed by atoms with Gasteiger partial charge in [-0.3, -0.25) is 19.2 Å². The Morgan fingerprint density at radius 2 is 1.45 bits per heavy atom. The van der Waals surface area contributed by atoms with Crippen LogP contribution in [0.2, 0.25) is 0 Å². The van der Waals surface area contributed by atoms with Crippen molar-refractivity contribution in [2.75, 3.05) is 50.3 Å². The third kappa shape index (κ3) is 9.95. The molecule has 0 aliphatic carbocycles. The minimum absolute atomic E-state index is 0.0162. The number of nitrogens with one attached hydrogen (secondary N) is 4. The minimum atomic E-state index is -0.480. The zero-order valence-corrected chi connectivity index (χ0v) is 17.7. The fourth-order valence-corrected chi connectivity index (χ4v) is 2.47. The number of benzene rings is 1. The zero-order chi connectivity index (χ0) is 21.6. The third-order valence-corrected chi connectivity index (χ3v) is 4.36. The molecule has 0 heterocycles. The predicted octanol–water partition coefficient (Wildman–Crippen LogP) is -0.141. The van der Waals surface area contributed by atoms with Crippen LogP contribution in [0.4, 0.5) is 5.69 Å². The van der Waals surface area contributed by atoms with Crippen LogP contribution in [-0.2, 0) is 14.4 Å². The van der Waals surface area contributed by atoms with Gasteiger partial charge in [-0.1, -0.05) is 13.8 Å². The van der Waals surface area contributed by atoms with Crippen molar-refractivity contribution in [1.82, 2.24) is 20.9 Å². The average Bonchev–Trinajstić information content (AvgIpc) is 2.73. The Bertz CT molecular complexity index is 692. The minimum Gasteiger partial charge on any atom is -0.351 e. The molecule has 0 aliphatic rings. The lowest BCUT2D eigenvalue weighted by Crippen LogP contribution is -2.40. The van der Waals surface area contributed by atoms with Crippen molar-refractivity contribution in [2.45, 2.75) is 13.8 Å². The van der Waals surface area contributed by atoms with Gasteiger partial charge in [0.25, 0.3) is 5.91 Å². The van der Waals surface area contributed by atoms with E-state index in [0.29, 0.717) is 17.8 Å². The van der Waals surface area contributed by atoms with Gasteiger partial charge in [-0.15, -0.1) is 0 Å². The first-order chi connectivity index (χ1) is 13.9. The monoisotopic (exact) mass is 423 g/mol. The maximum absolute atomic E-state index is 12.1. The quantitative estimate of drug-likeness (QED) is 0.300. The molecule has 1 aromatic rings. The van der Waals surface area contributed by atoms with Crippen LogP contribution in [0.1, 0.15) is 24.2 Å². The number of thiol groups is 1. The van der Waals surface area contributed by atoms with E-state index in [9.17, 15) is 19.2 Å². The van der Waals surface area contributed by atoms with Crippen LogP contribution in [0.3, 0.4) is 0 Å². The van der Waals surface area contributed by atoms with Gasteiger partial charge in [-0.05, 0) is 37.4 Å². The second-order valence-corrected chi connectivity index (χ2v) is 6.44. The molecule has 0 atom stereocenters. The van der Waals surface area contributed by atoms with Crippen molar-refractivity contribution in [3.05, 3.63) is 29.8 Å². The average molecular weight is 424 g/mol. The molecular weight excluding hydrogens is 394 g/mol. The Balaban J connectivity index is 2.37. The van der Waals surface area contributed by atoms with E-state index >= 15 is 0 Å². The zero-order valence-electron chi connectivity index (χ0n) is 16.8. The summed E-state index contributed by atoms with van der Waals surface area (Å²) in [6, 6.07) is 6.47. The first-order valence-electron chi connectivity index (χ1n) is 9.44. The fourth-order valence-electron chi connectivity index (χ4n) is 2.36. The van der Waals surface area contributed by atoms with Gasteiger partial charge in [0.15, 0.2) is 0 Å². The number of nitrogens with zero attached hydrogens (tertiary/aromatic N) is 1. The molecule has 0 unspecified atom stereocenters. The number of rotatable bonds is 12. The first kappa shape index (κ1) is 24.4. The Kier molecular flexibility index (Phi) is 11.4. The van der Waals surface area contributed by atoms with Gasteiger partial charge in [-0.25, -0.2) is 0 Å². The molecular formula is C19H29N5O4S. The van der Waals surface area contributed by atoms with Gasteiger partial charge in [0, 0.05) is 24.3 Å². The summed E-state index contributed by atoms with van der Waals surface area (Å²) in [6.45, 7) is 6.92. The van der Waals surface area contributed by atoms with Crippen LogP contribution in [0.15, 0.2) is 24.3 Å². The highest BCUT2D eigenvalue weighted by Crippen LogP contribution is 2.09. The molecule has 4 N–H and O–H groups in total. The first-order valence-corrected chi connectivity index (χ1v) is 10.1. The summed E-state index contributed by atoms with van der Waals surface area (Å²) in [5.74, 6) is -1.46. The smallest absolute Gasteiger partial charge is 0.251 e. The topological polar surface area (TPSA) is 120 Å². The summed E-state index contributed by atoms with van der Waals surface area (Å²) in [7, 11) is 0. The third-order valence-electron chi connectivity index (χ3n) is 4.07. The molecule has 4 amide bonds. The van der Waals surface area contributed by atoms with E-state index in [0.717, 1.165) is 19.6 Å². The summed E-state index contributed by atoms with van der Waals surface area (Å²) in [4.78, 5) is 48.8. The van der Waals surface area contributed by atoms with Crippen LogP contribution in [0.5, 0.6) is 0 Å². The Morgan fingerprint density at radius 3 is 2.03 bits per heavy atom. The number of anilines is 1. The van der Waals surface area contributed by atoms with Crippen LogP contribution >= 0.6 is 12.6 Å². The second-order valence-electron chi connectivity index (χ2n) is 6.12. The van der Waals surface area contributed by atoms with E-state index < -0.39 is 11.8 Å². The van der Waals surface area contributed by atoms with E-state index in [1.807, 2.05) is 0 Å². The van der Waals surface area contributed by atoms with Gasteiger partial charge in [-0.2, -0.15) is 12.6 Å². The van der Waals surface area contributed by atoms with Crippen molar-refractivity contribution in [3.63, 3.8) is 0 Å². The van der Waals surface area contributed by atoms with Crippen LogP contribution in [0, 0.1) is 0 Å². The van der Waals surface area contributed by atoms with Crippen LogP contribution < -0.4 is 21.3 Å². The molecule has 0 aromatic heterocycles. The van der Waals surface area contributed by atoms with Gasteiger partial charge in [0.1, 0.15) is 0 Å². The number of carbonyl (C=O) groups excluding carboxylic acids is 4. The van der Waals surface area contributed by atoms with E-state index in [-0.39, 0.29) is 30.7 Å². The van der Waals surface area contributed by atoms with Crippen molar-refractivity contribution in [3.8, 4) is 0 Å². The molecule has 0 saturated carbocycles. The van der Waals surface area contributed by atoms with Crippen LogP contribution in [0.25, 0.3) is 0 Å². The lowest BCUT2D eigenvalue weighted by molar-refractivity contribution is -0.126. The summed E-state index contributed by atoms with van der Waals surface area (Å²) >= 11 is 3.78. The maximum Gasteiger partial charge on any atom is 0.251 e. The van der Waals surface area contributed by atoms with E-state index in [4.69, 9.17) is 0 Å². The normalized spacial score (nSPS) is 10.3. The molecule has 9 nitrogen and oxygen atoms in total. The maximum atomic E-state index is 12.1. The van der Waals surface area contributed by atoms with Gasteiger partial charge in [0.05, 0.1) is 18.8 Å². The molecule has 0 radical (unpaired) electrons. The molecule has 160 valence electrons. The van der Waals surface area contributed by atoms with Crippen molar-refractivity contribution in [1.29, 1.82) is 0 Å². The van der Waals surface area contributed by atoms with E-state index in [1.165, 1.54) is 0 Å². The number of likely N-dealkylation sites (N-methyl/N-ethyl adjacent to an activating group) is 1. The van der Waals surface area contributed by atoms with Crippen molar-refractivity contribution >= 4 is 41.9 Å². The fraction of sp³-hybridized carbons (Fsp3) is 0.474. The molecule has 10 heteroatoms. The standard InChI is InChI=1S/C19H29N5O4S/c1-3-24(4-2)10-9-20-19(28)14-5-7-15(8-6-14)23-17(26)12-21-16(25)11-22-18(27)13-29/h5-8,29H,3-4,9-13H2,1-2H3,(H,20,28)(H,21,25)(H,22,27)(H,23,26). The second kappa shape index (κ2) is 13.6. The molecule has 0 bridgehead atoms. The SMILES string of the molecule is CCN(CC)CCNC(=O)c1ccc(NC(=O)CNC(=O)CNC(=O)CS)cc1. The molecule has 0 aliphatic heterocycles. The number of hydrogen-bond donors (Lipinski definition) is 5. The highest BCUT2D eigenvalue weighted by molar-refractivity contribution is 7.81. The lowest BCUT2D eigenvalue weighted by atomic mass is 10.2. The van der Waals surface area contributed by atoms with Crippen molar-refractivity contribution in [2.24, 2.45) is 0 Å². The van der Waals surface area contributed by atoms with E-state index in [2.05, 4.69) is 52.6 Å². The molecule has 0 spiro atoms. The van der Waals surface area contributed by atoms with Gasteiger partial charge >= 0.3 is 0 Å². The van der Waals surface area contributed by atoms with Gasteiger partial charge in [0.2, 0.25) is 17.7 Å². The lowest BCUT2D eigenvalue weighted by Gasteiger charge is -2.18. The highest BCUT2D eigenvalue weighted by Gasteiger charge is 2.09. The van der Waals surface area contributed by atoms with Gasteiger partial charge < -0.3 is 26.2 Å². The largest absolute Gasteiger partial charge is 0.351 e. The van der Waals surface area contributed by atoms with Crippen molar-refractivity contribution < 1.29 is 19.2 Å². The number of amides is 4.